The third kappa shape index (κ3) is 3.60. The first-order valence-electron chi connectivity index (χ1n) is 8.80. The van der Waals surface area contributed by atoms with Gasteiger partial charge in [-0.25, -0.2) is 4.79 Å². The molecule has 1 saturated heterocycles. The Labute approximate surface area is 139 Å². The summed E-state index contributed by atoms with van der Waals surface area (Å²) in [5.41, 5.74) is 4.71. The van der Waals surface area contributed by atoms with Crippen molar-refractivity contribution in [3.05, 3.63) is 34.4 Å². The lowest BCUT2D eigenvalue weighted by Crippen LogP contribution is -2.11. The maximum absolute atomic E-state index is 11.9. The SMILES string of the molecule is CC1=C2CC/C(C)=C/CC[C@@]3(C)O[C@@H]3CC/C(C)=C/[C@H]2OC1=O. The smallest absolute Gasteiger partial charge is 0.334 e. The molecule has 3 nitrogen and oxygen atoms in total. The summed E-state index contributed by atoms with van der Waals surface area (Å²) >= 11 is 0. The lowest BCUT2D eigenvalue weighted by Gasteiger charge is -2.13. The molecule has 0 N–H and O–H groups in total. The molecule has 0 radical (unpaired) electrons. The van der Waals surface area contributed by atoms with Gasteiger partial charge in [-0.2, -0.15) is 0 Å². The van der Waals surface area contributed by atoms with Crippen LogP contribution in [0.25, 0.3) is 0 Å². The standard InChI is InChI=1S/C20H28O3/c1-13-6-5-11-20(4)18(23-20)10-8-14(2)12-17-16(9-7-13)15(3)19(21)22-17/h6,12,17-18H,5,7-11H2,1-4H3/b13-6+,14-12+/t17-,18-,20-/m1/s1. The molecule has 0 unspecified atom stereocenters. The van der Waals surface area contributed by atoms with Crippen molar-refractivity contribution in [1.29, 1.82) is 0 Å². The van der Waals surface area contributed by atoms with Gasteiger partial charge in [0.25, 0.3) is 0 Å². The molecule has 2 heterocycles. The highest BCUT2D eigenvalue weighted by Crippen LogP contribution is 2.44. The Kier molecular flexibility index (Phi) is 4.50. The van der Waals surface area contributed by atoms with Crippen molar-refractivity contribution < 1.29 is 14.3 Å². The molecule has 0 aromatic rings. The fourth-order valence-electron chi connectivity index (χ4n) is 3.70. The highest BCUT2D eigenvalue weighted by molar-refractivity contribution is 5.92. The third-order valence-electron chi connectivity index (χ3n) is 5.56. The number of fused-ring (bicyclic) bond motifs is 2. The molecule has 0 saturated carbocycles. The molecule has 2 aliphatic heterocycles. The quantitative estimate of drug-likeness (QED) is 0.371. The van der Waals surface area contributed by atoms with E-state index in [4.69, 9.17) is 9.47 Å². The Morgan fingerprint density at radius 3 is 2.70 bits per heavy atom. The van der Waals surface area contributed by atoms with E-state index in [1.807, 2.05) is 6.92 Å². The van der Waals surface area contributed by atoms with E-state index in [9.17, 15) is 4.79 Å². The van der Waals surface area contributed by atoms with E-state index in [1.165, 1.54) is 11.1 Å². The highest BCUT2D eigenvalue weighted by Gasteiger charge is 2.50. The third-order valence-corrected chi connectivity index (χ3v) is 5.56. The fraction of sp³-hybridized carbons (Fsp3) is 0.650. The predicted octanol–water partition coefficient (Wildman–Crippen LogP) is 4.63. The van der Waals surface area contributed by atoms with Gasteiger partial charge in [0, 0.05) is 5.57 Å². The average molecular weight is 316 g/mol. The molecule has 3 heteroatoms. The van der Waals surface area contributed by atoms with Crippen LogP contribution in [0.3, 0.4) is 0 Å². The van der Waals surface area contributed by atoms with Gasteiger partial charge in [0.05, 0.1) is 11.7 Å². The van der Waals surface area contributed by atoms with Crippen LogP contribution in [0.4, 0.5) is 0 Å². The molecular formula is C20H28O3. The summed E-state index contributed by atoms with van der Waals surface area (Å²) in [7, 11) is 0. The van der Waals surface area contributed by atoms with Crippen LogP contribution < -0.4 is 0 Å². The maximum Gasteiger partial charge on any atom is 0.334 e. The molecule has 3 atom stereocenters. The summed E-state index contributed by atoms with van der Waals surface area (Å²) in [6.07, 6.45) is 10.8. The van der Waals surface area contributed by atoms with Crippen molar-refractivity contribution in [2.75, 3.05) is 0 Å². The molecule has 3 aliphatic rings. The molecule has 0 spiro atoms. The van der Waals surface area contributed by atoms with E-state index in [2.05, 4.69) is 32.9 Å². The molecule has 0 aromatic carbocycles. The van der Waals surface area contributed by atoms with Gasteiger partial charge >= 0.3 is 5.97 Å². The van der Waals surface area contributed by atoms with Crippen molar-refractivity contribution in [3.8, 4) is 0 Å². The first-order chi connectivity index (χ1) is 10.9. The molecule has 1 aliphatic carbocycles. The van der Waals surface area contributed by atoms with Gasteiger partial charge in [0.2, 0.25) is 0 Å². The minimum Gasteiger partial charge on any atom is -0.450 e. The number of hydrogen-bond acceptors (Lipinski definition) is 3. The second-order valence-electron chi connectivity index (χ2n) is 7.54. The first kappa shape index (κ1) is 16.5. The Balaban J connectivity index is 1.80. The minimum absolute atomic E-state index is 0.0721. The van der Waals surface area contributed by atoms with Gasteiger partial charge < -0.3 is 9.47 Å². The molecule has 0 bridgehead atoms. The summed E-state index contributed by atoms with van der Waals surface area (Å²) in [5, 5.41) is 0. The molecule has 23 heavy (non-hydrogen) atoms. The second-order valence-corrected chi connectivity index (χ2v) is 7.54. The average Bonchev–Trinajstić information content (AvgIpc) is 3.06. The van der Waals surface area contributed by atoms with E-state index in [0.29, 0.717) is 6.10 Å². The van der Waals surface area contributed by atoms with E-state index in [0.717, 1.165) is 49.7 Å². The monoisotopic (exact) mass is 316 g/mol. The number of allylic oxidation sites excluding steroid dienone is 3. The molecule has 1 fully saturated rings. The maximum atomic E-state index is 11.9. The van der Waals surface area contributed by atoms with Crippen LogP contribution in [0.5, 0.6) is 0 Å². The van der Waals surface area contributed by atoms with Crippen LogP contribution in [-0.2, 0) is 14.3 Å². The molecule has 0 amide bonds. The van der Waals surface area contributed by atoms with E-state index in [1.54, 1.807) is 0 Å². The second kappa shape index (κ2) is 6.27. The summed E-state index contributed by atoms with van der Waals surface area (Å²) in [6.45, 7) is 8.44. The summed E-state index contributed by atoms with van der Waals surface area (Å²) in [5.74, 6) is -0.155. The molecule has 0 aromatic heterocycles. The first-order valence-corrected chi connectivity index (χ1v) is 8.80. The van der Waals surface area contributed by atoms with Crippen LogP contribution in [0.15, 0.2) is 34.4 Å². The lowest BCUT2D eigenvalue weighted by atomic mass is 9.93. The fourth-order valence-corrected chi connectivity index (χ4v) is 3.70. The Morgan fingerprint density at radius 1 is 1.13 bits per heavy atom. The zero-order valence-electron chi connectivity index (χ0n) is 14.8. The van der Waals surface area contributed by atoms with Crippen LogP contribution in [0, 0.1) is 0 Å². The largest absolute Gasteiger partial charge is 0.450 e. The highest BCUT2D eigenvalue weighted by atomic mass is 16.6. The van der Waals surface area contributed by atoms with E-state index < -0.39 is 0 Å². The zero-order chi connectivity index (χ0) is 16.6. The number of hydrogen-bond donors (Lipinski definition) is 0. The Morgan fingerprint density at radius 2 is 1.91 bits per heavy atom. The van der Waals surface area contributed by atoms with Crippen molar-refractivity contribution in [1.82, 2.24) is 0 Å². The topological polar surface area (TPSA) is 38.8 Å². The van der Waals surface area contributed by atoms with Gasteiger partial charge in [-0.1, -0.05) is 17.2 Å². The van der Waals surface area contributed by atoms with Crippen molar-refractivity contribution in [2.45, 2.75) is 84.0 Å². The molecular weight excluding hydrogens is 288 g/mol. The van der Waals surface area contributed by atoms with Crippen molar-refractivity contribution in [2.24, 2.45) is 0 Å². The summed E-state index contributed by atoms with van der Waals surface area (Å²) in [4.78, 5) is 11.9. The van der Waals surface area contributed by atoms with Gasteiger partial charge in [0.1, 0.15) is 6.10 Å². The summed E-state index contributed by atoms with van der Waals surface area (Å²) in [6, 6.07) is 0. The van der Waals surface area contributed by atoms with Crippen LogP contribution in [0.1, 0.15) is 66.2 Å². The number of rotatable bonds is 0. The predicted molar refractivity (Wildman–Crippen MR) is 91.1 cm³/mol. The van der Waals surface area contributed by atoms with Crippen molar-refractivity contribution >= 4 is 5.97 Å². The number of esters is 1. The van der Waals surface area contributed by atoms with Crippen LogP contribution >= 0.6 is 0 Å². The van der Waals surface area contributed by atoms with E-state index in [-0.39, 0.29) is 17.7 Å². The number of carbonyl (C=O) groups is 1. The van der Waals surface area contributed by atoms with Crippen LogP contribution in [0.2, 0.25) is 0 Å². The van der Waals surface area contributed by atoms with E-state index >= 15 is 0 Å². The Hall–Kier alpha value is -1.35. The Bertz CT molecular complexity index is 596. The lowest BCUT2D eigenvalue weighted by molar-refractivity contribution is -0.138. The number of ether oxygens (including phenoxy) is 2. The van der Waals surface area contributed by atoms with Gasteiger partial charge in [-0.3, -0.25) is 0 Å². The van der Waals surface area contributed by atoms with Gasteiger partial charge in [-0.15, -0.1) is 0 Å². The number of epoxide rings is 1. The zero-order valence-corrected chi connectivity index (χ0v) is 14.8. The minimum atomic E-state index is -0.162. The molecule has 3 rings (SSSR count). The normalized spacial score (nSPS) is 40.1. The number of carbonyl (C=O) groups excluding carboxylic acids is 1. The van der Waals surface area contributed by atoms with Gasteiger partial charge in [-0.05, 0) is 77.9 Å². The molecule has 126 valence electrons. The van der Waals surface area contributed by atoms with Gasteiger partial charge in [0.15, 0.2) is 0 Å². The summed E-state index contributed by atoms with van der Waals surface area (Å²) < 4.78 is 11.5. The van der Waals surface area contributed by atoms with Crippen molar-refractivity contribution in [3.63, 3.8) is 0 Å². The van der Waals surface area contributed by atoms with Crippen LogP contribution in [-0.4, -0.2) is 23.8 Å².